The molecule has 37 heavy (non-hydrogen) atoms. The minimum atomic E-state index is -0.566. The second-order valence-corrected chi connectivity index (χ2v) is 10.7. The van der Waals surface area contributed by atoms with Gasteiger partial charge in [0.15, 0.2) is 4.80 Å². The number of non-ortho nitro benzene ring substituents is 1. The molecule has 1 N–H and O–H groups in total. The van der Waals surface area contributed by atoms with Crippen LogP contribution in [0.25, 0.3) is 11.8 Å². The van der Waals surface area contributed by atoms with E-state index in [0.717, 1.165) is 40.2 Å². The molecule has 0 saturated heterocycles. The van der Waals surface area contributed by atoms with Crippen molar-refractivity contribution in [2.24, 2.45) is 4.99 Å². The summed E-state index contributed by atoms with van der Waals surface area (Å²) in [5, 5.41) is 21.9. The SMILES string of the molecule is O=c1/c(=C/c2cc([N+](=O)[O-])cc(Br)c2O)sc2n1[C@H](c1ccc(F)cc1)C1=C(N=2)c2ccccc2CC1. The minimum Gasteiger partial charge on any atom is -0.506 e. The number of fused-ring (bicyclic) bond motifs is 3. The number of thiazole rings is 1. The maximum Gasteiger partial charge on any atom is 0.271 e. The van der Waals surface area contributed by atoms with Crippen LogP contribution in [0.2, 0.25) is 0 Å². The zero-order valence-corrected chi connectivity index (χ0v) is 21.4. The first kappa shape index (κ1) is 23.5. The number of hydrogen-bond donors (Lipinski definition) is 1. The van der Waals surface area contributed by atoms with Crippen LogP contribution in [0.4, 0.5) is 10.1 Å². The third-order valence-electron chi connectivity index (χ3n) is 6.63. The Hall–Kier alpha value is -3.89. The van der Waals surface area contributed by atoms with Crippen LogP contribution >= 0.6 is 27.3 Å². The van der Waals surface area contributed by atoms with Crippen molar-refractivity contribution >= 4 is 44.7 Å². The Labute approximate surface area is 221 Å². The summed E-state index contributed by atoms with van der Waals surface area (Å²) in [6, 6.07) is 16.1. The lowest BCUT2D eigenvalue weighted by atomic mass is 9.83. The molecule has 4 aromatic rings. The summed E-state index contributed by atoms with van der Waals surface area (Å²) in [5.41, 5.74) is 4.30. The Morgan fingerprint density at radius 2 is 1.92 bits per heavy atom. The van der Waals surface area contributed by atoms with Gasteiger partial charge in [0.2, 0.25) is 0 Å². The molecule has 1 aliphatic heterocycles. The second-order valence-electron chi connectivity index (χ2n) is 8.79. The highest BCUT2D eigenvalue weighted by molar-refractivity contribution is 9.10. The quantitative estimate of drug-likeness (QED) is 0.278. The van der Waals surface area contributed by atoms with E-state index in [-0.39, 0.29) is 37.4 Å². The lowest BCUT2D eigenvalue weighted by Crippen LogP contribution is -2.38. The van der Waals surface area contributed by atoms with E-state index in [0.29, 0.717) is 11.2 Å². The van der Waals surface area contributed by atoms with Gasteiger partial charge < -0.3 is 5.11 Å². The third-order valence-corrected chi connectivity index (χ3v) is 8.22. The van der Waals surface area contributed by atoms with E-state index < -0.39 is 11.0 Å². The Balaban J connectivity index is 1.62. The molecule has 2 aliphatic rings. The molecule has 6 rings (SSSR count). The molecule has 0 saturated carbocycles. The number of aromatic hydroxyl groups is 1. The van der Waals surface area contributed by atoms with Crippen molar-refractivity contribution in [3.05, 3.63) is 129 Å². The van der Waals surface area contributed by atoms with Crippen LogP contribution < -0.4 is 14.9 Å². The number of aromatic nitrogens is 1. The number of nitrogens with zero attached hydrogens (tertiary/aromatic N) is 3. The van der Waals surface area contributed by atoms with E-state index in [9.17, 15) is 24.4 Å². The van der Waals surface area contributed by atoms with Gasteiger partial charge in [-0.1, -0.05) is 47.7 Å². The summed E-state index contributed by atoms with van der Waals surface area (Å²) in [5.74, 6) is -0.578. The molecule has 0 bridgehead atoms. The van der Waals surface area contributed by atoms with Crippen molar-refractivity contribution in [3.63, 3.8) is 0 Å². The monoisotopic (exact) mass is 577 g/mol. The number of halogens is 2. The van der Waals surface area contributed by atoms with Crippen LogP contribution in [0.3, 0.4) is 0 Å². The molecule has 2 heterocycles. The zero-order chi connectivity index (χ0) is 25.8. The van der Waals surface area contributed by atoms with Crippen LogP contribution in [0.1, 0.15) is 34.7 Å². The van der Waals surface area contributed by atoms with Crippen LogP contribution in [-0.2, 0) is 6.42 Å². The number of rotatable bonds is 3. The average molecular weight is 578 g/mol. The lowest BCUT2D eigenvalue weighted by Gasteiger charge is -2.30. The zero-order valence-electron chi connectivity index (χ0n) is 19.0. The highest BCUT2D eigenvalue weighted by Crippen LogP contribution is 2.41. The van der Waals surface area contributed by atoms with Crippen LogP contribution in [0, 0.1) is 15.9 Å². The Kier molecular flexibility index (Phi) is 5.65. The molecule has 0 radical (unpaired) electrons. The maximum atomic E-state index is 13.8. The molecular weight excluding hydrogens is 561 g/mol. The van der Waals surface area contributed by atoms with Gasteiger partial charge in [-0.3, -0.25) is 19.5 Å². The Morgan fingerprint density at radius 3 is 2.68 bits per heavy atom. The van der Waals surface area contributed by atoms with E-state index >= 15 is 0 Å². The van der Waals surface area contributed by atoms with E-state index in [1.807, 2.05) is 18.2 Å². The molecule has 184 valence electrons. The first-order valence-electron chi connectivity index (χ1n) is 11.4. The fourth-order valence-corrected chi connectivity index (χ4v) is 6.38. The van der Waals surface area contributed by atoms with Crippen LogP contribution in [0.5, 0.6) is 5.75 Å². The summed E-state index contributed by atoms with van der Waals surface area (Å²) in [6.45, 7) is 0. The number of benzene rings is 3. The van der Waals surface area contributed by atoms with Gasteiger partial charge in [-0.05, 0) is 63.7 Å². The number of allylic oxidation sites excluding steroid dienone is 1. The molecule has 0 fully saturated rings. The molecule has 0 unspecified atom stereocenters. The van der Waals surface area contributed by atoms with Gasteiger partial charge in [0.25, 0.3) is 11.2 Å². The van der Waals surface area contributed by atoms with Crippen molar-refractivity contribution in [1.82, 2.24) is 4.57 Å². The van der Waals surface area contributed by atoms with E-state index in [1.54, 1.807) is 16.7 Å². The van der Waals surface area contributed by atoms with Crippen LogP contribution in [0.15, 0.2) is 80.5 Å². The largest absolute Gasteiger partial charge is 0.506 e. The van der Waals surface area contributed by atoms with E-state index in [1.165, 1.54) is 35.9 Å². The first-order valence-corrected chi connectivity index (χ1v) is 13.0. The van der Waals surface area contributed by atoms with Gasteiger partial charge in [-0.2, -0.15) is 0 Å². The predicted molar refractivity (Wildman–Crippen MR) is 142 cm³/mol. The second kappa shape index (κ2) is 8.89. The topological polar surface area (TPSA) is 97.7 Å². The third kappa shape index (κ3) is 3.93. The maximum absolute atomic E-state index is 13.8. The van der Waals surface area contributed by atoms with Crippen molar-refractivity contribution in [2.75, 3.05) is 0 Å². The van der Waals surface area contributed by atoms with Crippen molar-refractivity contribution < 1.29 is 14.4 Å². The Bertz CT molecular complexity index is 1830. The standard InChI is InChI=1S/C27H17BrFN3O4S/c28-21-13-18(32(35)36)11-16(25(21)33)12-22-26(34)31-24(15-5-8-17(29)9-6-15)20-10-7-14-3-1-2-4-19(14)23(20)30-27(31)37-22/h1-6,8-9,11-13,24,33H,7,10H2/b22-12-/t24-/m1/s1. The molecule has 10 heteroatoms. The first-order chi connectivity index (χ1) is 17.8. The molecule has 3 aromatic carbocycles. The fourth-order valence-electron chi connectivity index (χ4n) is 4.93. The van der Waals surface area contributed by atoms with E-state index in [4.69, 9.17) is 4.99 Å². The lowest BCUT2D eigenvalue weighted by molar-refractivity contribution is -0.385. The summed E-state index contributed by atoms with van der Waals surface area (Å²) in [6.07, 6.45) is 2.93. The number of hydrogen-bond acceptors (Lipinski definition) is 6. The van der Waals surface area contributed by atoms with Crippen molar-refractivity contribution in [1.29, 1.82) is 0 Å². The molecule has 1 aliphatic carbocycles. The van der Waals surface area contributed by atoms with Gasteiger partial charge in [0.1, 0.15) is 11.6 Å². The van der Waals surface area contributed by atoms with Crippen molar-refractivity contribution in [3.8, 4) is 5.75 Å². The number of phenolic OH excluding ortho intramolecular Hbond substituents is 1. The highest BCUT2D eigenvalue weighted by Gasteiger charge is 2.32. The van der Waals surface area contributed by atoms with Gasteiger partial charge >= 0.3 is 0 Å². The molecule has 0 spiro atoms. The fraction of sp³-hybridized carbons (Fsp3) is 0.111. The number of aryl methyl sites for hydroxylation is 1. The van der Waals surface area contributed by atoms with E-state index in [2.05, 4.69) is 22.0 Å². The molecule has 1 aromatic heterocycles. The molecule has 0 amide bonds. The van der Waals surface area contributed by atoms with Gasteiger partial charge in [0, 0.05) is 23.3 Å². The number of nitro benzene ring substituents is 1. The van der Waals surface area contributed by atoms with Gasteiger partial charge in [0.05, 0.1) is 25.7 Å². The summed E-state index contributed by atoms with van der Waals surface area (Å²) >= 11 is 4.29. The highest BCUT2D eigenvalue weighted by atomic mass is 79.9. The summed E-state index contributed by atoms with van der Waals surface area (Å²) in [7, 11) is 0. The van der Waals surface area contributed by atoms with Gasteiger partial charge in [-0.25, -0.2) is 9.38 Å². The predicted octanol–water partition coefficient (Wildman–Crippen LogP) is 4.83. The van der Waals surface area contributed by atoms with Gasteiger partial charge in [-0.15, -0.1) is 0 Å². The number of phenols is 1. The number of nitro groups is 1. The average Bonchev–Trinajstić information content (AvgIpc) is 3.20. The summed E-state index contributed by atoms with van der Waals surface area (Å²) < 4.78 is 15.8. The molecular formula is C27H17BrFN3O4S. The Morgan fingerprint density at radius 1 is 1.16 bits per heavy atom. The molecule has 7 nitrogen and oxygen atoms in total. The molecule has 1 atom stereocenters. The normalized spacial score (nSPS) is 16.6. The smallest absolute Gasteiger partial charge is 0.271 e. The summed E-state index contributed by atoms with van der Waals surface area (Å²) in [4.78, 5) is 29.9. The minimum absolute atomic E-state index is 0.138. The van der Waals surface area contributed by atoms with Crippen molar-refractivity contribution in [2.45, 2.75) is 18.9 Å². The van der Waals surface area contributed by atoms with Crippen LogP contribution in [-0.4, -0.2) is 14.6 Å².